The number of methoxy groups -OCH3 is 1. The zero-order valence-corrected chi connectivity index (χ0v) is 19.9. The number of pyridine rings is 1. The van der Waals surface area contributed by atoms with Gasteiger partial charge in [0.15, 0.2) is 5.75 Å². The lowest BCUT2D eigenvalue weighted by Crippen LogP contribution is -2.56. The van der Waals surface area contributed by atoms with Gasteiger partial charge in [0.2, 0.25) is 0 Å². The Labute approximate surface area is 200 Å². The van der Waals surface area contributed by atoms with Crippen LogP contribution < -0.4 is 14.8 Å². The zero-order valence-electron chi connectivity index (χ0n) is 19.9. The van der Waals surface area contributed by atoms with Gasteiger partial charge in [0.1, 0.15) is 5.54 Å². The van der Waals surface area contributed by atoms with E-state index in [9.17, 15) is 19.8 Å². The van der Waals surface area contributed by atoms with E-state index in [1.54, 1.807) is 0 Å². The molecule has 34 heavy (non-hydrogen) atoms. The molecule has 2 aromatic rings. The number of ether oxygens (including phenoxy) is 2. The summed E-state index contributed by atoms with van der Waals surface area (Å²) in [7, 11) is 1.47. The van der Waals surface area contributed by atoms with Crippen LogP contribution in [0.25, 0.3) is 0 Å². The van der Waals surface area contributed by atoms with Crippen LogP contribution in [0.3, 0.4) is 0 Å². The van der Waals surface area contributed by atoms with Crippen LogP contribution in [0.15, 0.2) is 36.5 Å². The summed E-state index contributed by atoms with van der Waals surface area (Å²) in [4.78, 5) is 29.3. The molecule has 8 nitrogen and oxygen atoms in total. The van der Waals surface area contributed by atoms with Gasteiger partial charge in [-0.25, -0.2) is 9.78 Å². The van der Waals surface area contributed by atoms with Crippen molar-refractivity contribution in [3.8, 4) is 11.6 Å². The van der Waals surface area contributed by atoms with Crippen LogP contribution in [0.5, 0.6) is 11.6 Å². The van der Waals surface area contributed by atoms with E-state index < -0.39 is 17.4 Å². The second kappa shape index (κ2) is 11.8. The molecule has 1 heterocycles. The van der Waals surface area contributed by atoms with Gasteiger partial charge in [0, 0.05) is 25.3 Å². The number of benzene rings is 1. The SMILES string of the molecule is CCC1CCC(NC(=O)c2cnc(OC)c(OCCc3ccccc3CCO)c2)(C(=O)O)CC1. The van der Waals surface area contributed by atoms with E-state index in [2.05, 4.69) is 17.2 Å². The molecular formula is C26H34N2O6. The van der Waals surface area contributed by atoms with Gasteiger partial charge in [-0.3, -0.25) is 4.79 Å². The van der Waals surface area contributed by atoms with Crippen molar-refractivity contribution in [1.82, 2.24) is 10.3 Å². The van der Waals surface area contributed by atoms with Gasteiger partial charge in [0.05, 0.1) is 19.3 Å². The predicted molar refractivity (Wildman–Crippen MR) is 127 cm³/mol. The van der Waals surface area contributed by atoms with Gasteiger partial charge in [-0.05, 0) is 49.1 Å². The molecule has 3 N–H and O–H groups in total. The number of rotatable bonds is 11. The first-order valence-electron chi connectivity index (χ1n) is 11.8. The molecule has 8 heteroatoms. The first-order valence-corrected chi connectivity index (χ1v) is 11.8. The van der Waals surface area contributed by atoms with Crippen LogP contribution in [-0.2, 0) is 17.6 Å². The van der Waals surface area contributed by atoms with E-state index in [1.807, 2.05) is 24.3 Å². The van der Waals surface area contributed by atoms with E-state index in [0.29, 0.717) is 44.0 Å². The summed E-state index contributed by atoms with van der Waals surface area (Å²) in [6, 6.07) is 9.38. The minimum Gasteiger partial charge on any atom is -0.488 e. The number of hydrogen-bond acceptors (Lipinski definition) is 6. The molecule has 0 atom stereocenters. The van der Waals surface area contributed by atoms with Crippen molar-refractivity contribution in [3.63, 3.8) is 0 Å². The van der Waals surface area contributed by atoms with Gasteiger partial charge >= 0.3 is 5.97 Å². The highest BCUT2D eigenvalue weighted by Gasteiger charge is 2.43. The van der Waals surface area contributed by atoms with Crippen molar-refractivity contribution in [1.29, 1.82) is 0 Å². The Morgan fingerprint density at radius 1 is 1.18 bits per heavy atom. The van der Waals surface area contributed by atoms with Crippen molar-refractivity contribution in [2.24, 2.45) is 5.92 Å². The predicted octanol–water partition coefficient (Wildman–Crippen LogP) is 3.40. The fourth-order valence-electron chi connectivity index (χ4n) is 4.51. The van der Waals surface area contributed by atoms with Crippen LogP contribution in [0.1, 0.15) is 60.5 Å². The van der Waals surface area contributed by atoms with Crippen LogP contribution in [0.2, 0.25) is 0 Å². The monoisotopic (exact) mass is 470 g/mol. The smallest absolute Gasteiger partial charge is 0.329 e. The fraction of sp³-hybridized carbons (Fsp3) is 0.500. The second-order valence-electron chi connectivity index (χ2n) is 8.77. The third-order valence-electron chi connectivity index (χ3n) is 6.70. The fourth-order valence-corrected chi connectivity index (χ4v) is 4.51. The van der Waals surface area contributed by atoms with Crippen molar-refractivity contribution in [2.75, 3.05) is 20.3 Å². The van der Waals surface area contributed by atoms with Crippen molar-refractivity contribution >= 4 is 11.9 Å². The number of aliphatic carboxylic acids is 1. The highest BCUT2D eigenvalue weighted by Crippen LogP contribution is 2.34. The lowest BCUT2D eigenvalue weighted by molar-refractivity contribution is -0.146. The number of nitrogens with one attached hydrogen (secondary N) is 1. The third-order valence-corrected chi connectivity index (χ3v) is 6.70. The number of aromatic nitrogens is 1. The Morgan fingerprint density at radius 3 is 2.44 bits per heavy atom. The standard InChI is InChI=1S/C26H34N2O6/c1-3-18-8-12-26(13-9-18,25(31)32)28-23(30)21-16-22(24(33-2)27-17-21)34-15-11-20-7-5-4-6-19(20)10-14-29/h4-7,16-18,29H,3,8-15H2,1-2H3,(H,28,30)(H,31,32). The molecule has 0 aliphatic heterocycles. The van der Waals surface area contributed by atoms with Crippen molar-refractivity contribution < 1.29 is 29.3 Å². The minimum absolute atomic E-state index is 0.0731. The average molecular weight is 471 g/mol. The van der Waals surface area contributed by atoms with E-state index in [4.69, 9.17) is 9.47 Å². The highest BCUT2D eigenvalue weighted by molar-refractivity contribution is 5.98. The first kappa shape index (κ1) is 25.5. The minimum atomic E-state index is -1.26. The summed E-state index contributed by atoms with van der Waals surface area (Å²) in [6.07, 6.45) is 5.92. The molecule has 0 spiro atoms. The number of carboxylic acids is 1. The normalized spacial score (nSPS) is 19.9. The number of aliphatic hydroxyl groups excluding tert-OH is 1. The summed E-state index contributed by atoms with van der Waals surface area (Å²) in [5.41, 5.74) is 1.09. The number of carboxylic acid groups (broad SMARTS) is 1. The van der Waals surface area contributed by atoms with E-state index >= 15 is 0 Å². The Morgan fingerprint density at radius 2 is 1.85 bits per heavy atom. The molecule has 1 aliphatic carbocycles. The molecule has 0 unspecified atom stereocenters. The lowest BCUT2D eigenvalue weighted by atomic mass is 9.75. The molecule has 184 valence electrons. The number of hydrogen-bond donors (Lipinski definition) is 3. The molecule has 1 amide bonds. The van der Waals surface area contributed by atoms with Gasteiger partial charge in [0.25, 0.3) is 11.8 Å². The summed E-state index contributed by atoms with van der Waals surface area (Å²) in [6.45, 7) is 2.50. The van der Waals surface area contributed by atoms with Gasteiger partial charge < -0.3 is 25.0 Å². The van der Waals surface area contributed by atoms with Crippen LogP contribution >= 0.6 is 0 Å². The molecule has 1 saturated carbocycles. The molecule has 1 fully saturated rings. The Hall–Kier alpha value is -3.13. The number of aliphatic hydroxyl groups is 1. The van der Waals surface area contributed by atoms with Crippen molar-refractivity contribution in [2.45, 2.75) is 57.4 Å². The third kappa shape index (κ3) is 6.05. The Bertz CT molecular complexity index is 985. The largest absolute Gasteiger partial charge is 0.488 e. The summed E-state index contributed by atoms with van der Waals surface area (Å²) in [5.74, 6) is -0.444. The van der Waals surface area contributed by atoms with Gasteiger partial charge in [-0.1, -0.05) is 37.6 Å². The van der Waals surface area contributed by atoms with Gasteiger partial charge in [-0.2, -0.15) is 0 Å². The van der Waals surface area contributed by atoms with Crippen LogP contribution in [0, 0.1) is 5.92 Å². The average Bonchev–Trinajstić information content (AvgIpc) is 2.85. The maximum absolute atomic E-state index is 13.0. The first-order chi connectivity index (χ1) is 16.4. The van der Waals surface area contributed by atoms with E-state index in [0.717, 1.165) is 30.4 Å². The number of nitrogens with zero attached hydrogens (tertiary/aromatic N) is 1. The molecule has 0 radical (unpaired) electrons. The summed E-state index contributed by atoms with van der Waals surface area (Å²) >= 11 is 0. The molecular weight excluding hydrogens is 436 g/mol. The number of carbonyl (C=O) groups is 2. The van der Waals surface area contributed by atoms with E-state index in [1.165, 1.54) is 19.4 Å². The van der Waals surface area contributed by atoms with Crippen LogP contribution in [-0.4, -0.2) is 52.9 Å². The number of amides is 1. The second-order valence-corrected chi connectivity index (χ2v) is 8.77. The molecule has 0 bridgehead atoms. The quantitative estimate of drug-likeness (QED) is 0.461. The maximum atomic E-state index is 13.0. The molecule has 1 aromatic carbocycles. The van der Waals surface area contributed by atoms with Crippen LogP contribution in [0.4, 0.5) is 0 Å². The van der Waals surface area contributed by atoms with E-state index in [-0.39, 0.29) is 18.1 Å². The Balaban J connectivity index is 1.70. The topological polar surface area (TPSA) is 118 Å². The van der Waals surface area contributed by atoms with Crippen molar-refractivity contribution in [3.05, 3.63) is 53.2 Å². The molecule has 0 saturated heterocycles. The molecule has 1 aromatic heterocycles. The summed E-state index contributed by atoms with van der Waals surface area (Å²) < 4.78 is 11.2. The maximum Gasteiger partial charge on any atom is 0.329 e. The Kier molecular flexibility index (Phi) is 8.87. The lowest BCUT2D eigenvalue weighted by Gasteiger charge is -2.37. The summed E-state index contributed by atoms with van der Waals surface area (Å²) in [5, 5.41) is 21.9. The zero-order chi connectivity index (χ0) is 24.6. The molecule has 1 aliphatic rings. The highest BCUT2D eigenvalue weighted by atomic mass is 16.5. The van der Waals surface area contributed by atoms with Gasteiger partial charge in [-0.15, -0.1) is 0 Å². The number of carbonyl (C=O) groups excluding carboxylic acids is 1. The molecule has 3 rings (SSSR count).